The molecular formula is C13H14N5O3P. The SMILES string of the molecule is C=C[C@@]1(OCP(=O)=O)C=C[C@H](n2cnc3c(N)ncnc32)C1. The first-order chi connectivity index (χ1) is 10.5. The van der Waals surface area contributed by atoms with Crippen molar-refractivity contribution in [1.82, 2.24) is 19.5 Å². The Morgan fingerprint density at radius 3 is 3.05 bits per heavy atom. The molecule has 0 fully saturated rings. The highest BCUT2D eigenvalue weighted by Crippen LogP contribution is 2.37. The summed E-state index contributed by atoms with van der Waals surface area (Å²) in [5.74, 6) is 0.320. The molecule has 0 amide bonds. The molecule has 0 spiro atoms. The second-order valence-electron chi connectivity index (χ2n) is 4.98. The third kappa shape index (κ3) is 2.47. The molecule has 0 radical (unpaired) electrons. The third-order valence-corrected chi connectivity index (χ3v) is 4.00. The summed E-state index contributed by atoms with van der Waals surface area (Å²) in [6, 6.07) is -0.0816. The molecule has 22 heavy (non-hydrogen) atoms. The van der Waals surface area contributed by atoms with Gasteiger partial charge in [0.15, 0.2) is 17.8 Å². The number of nitrogens with two attached hydrogens (primary N) is 1. The number of rotatable bonds is 5. The van der Waals surface area contributed by atoms with E-state index in [0.29, 0.717) is 23.4 Å². The van der Waals surface area contributed by atoms with E-state index in [9.17, 15) is 9.13 Å². The van der Waals surface area contributed by atoms with Crippen LogP contribution in [0.4, 0.5) is 5.82 Å². The number of anilines is 1. The lowest BCUT2D eigenvalue weighted by atomic mass is 10.0. The monoisotopic (exact) mass is 319 g/mol. The van der Waals surface area contributed by atoms with Crippen molar-refractivity contribution in [2.45, 2.75) is 18.1 Å². The van der Waals surface area contributed by atoms with E-state index < -0.39 is 13.3 Å². The van der Waals surface area contributed by atoms with Gasteiger partial charge in [-0.25, -0.2) is 24.1 Å². The fourth-order valence-electron chi connectivity index (χ4n) is 2.53. The number of allylic oxidation sites excluding steroid dienone is 1. The maximum absolute atomic E-state index is 10.7. The third-order valence-electron chi connectivity index (χ3n) is 3.66. The second-order valence-corrected chi connectivity index (χ2v) is 5.90. The van der Waals surface area contributed by atoms with E-state index in [1.807, 2.05) is 10.6 Å². The van der Waals surface area contributed by atoms with E-state index in [1.54, 1.807) is 18.5 Å². The highest BCUT2D eigenvalue weighted by Gasteiger charge is 2.34. The largest absolute Gasteiger partial charge is 0.382 e. The Balaban J connectivity index is 1.89. The van der Waals surface area contributed by atoms with Gasteiger partial charge in [-0.15, -0.1) is 0 Å². The molecule has 0 saturated heterocycles. The van der Waals surface area contributed by atoms with Crippen molar-refractivity contribution in [3.8, 4) is 0 Å². The maximum Gasteiger partial charge on any atom is 0.342 e. The van der Waals surface area contributed by atoms with Crippen molar-refractivity contribution >= 4 is 24.7 Å². The smallest absolute Gasteiger partial charge is 0.342 e. The van der Waals surface area contributed by atoms with Crippen LogP contribution in [-0.2, 0) is 13.9 Å². The van der Waals surface area contributed by atoms with Crippen molar-refractivity contribution in [1.29, 1.82) is 0 Å². The Hall–Kier alpha value is -2.31. The van der Waals surface area contributed by atoms with Gasteiger partial charge in [0.1, 0.15) is 17.4 Å². The van der Waals surface area contributed by atoms with Gasteiger partial charge in [-0.1, -0.05) is 24.8 Å². The number of hydrogen-bond donors (Lipinski definition) is 1. The topological polar surface area (TPSA) is 113 Å². The summed E-state index contributed by atoms with van der Waals surface area (Å²) in [5.41, 5.74) is 6.12. The van der Waals surface area contributed by atoms with Crippen LogP contribution in [0.15, 0.2) is 37.5 Å². The molecule has 2 heterocycles. The molecule has 0 aliphatic heterocycles. The molecule has 2 N–H and O–H groups in total. The van der Waals surface area contributed by atoms with Crippen molar-refractivity contribution in [3.63, 3.8) is 0 Å². The number of nitrogen functional groups attached to an aromatic ring is 1. The van der Waals surface area contributed by atoms with Crippen molar-refractivity contribution in [3.05, 3.63) is 37.5 Å². The van der Waals surface area contributed by atoms with Crippen LogP contribution in [-0.4, -0.2) is 31.5 Å². The van der Waals surface area contributed by atoms with Crippen molar-refractivity contribution in [2.24, 2.45) is 0 Å². The first kappa shape index (κ1) is 14.6. The molecule has 1 aliphatic rings. The first-order valence-electron chi connectivity index (χ1n) is 6.56. The van der Waals surface area contributed by atoms with E-state index in [1.165, 1.54) is 6.33 Å². The zero-order valence-electron chi connectivity index (χ0n) is 11.6. The number of aromatic nitrogens is 4. The molecule has 2 atom stereocenters. The van der Waals surface area contributed by atoms with Gasteiger partial charge in [-0.05, 0) is 0 Å². The van der Waals surface area contributed by atoms with Crippen LogP contribution in [0.25, 0.3) is 11.2 Å². The Bertz CT molecular complexity index is 820. The van der Waals surface area contributed by atoms with Crippen LogP contribution in [0.3, 0.4) is 0 Å². The van der Waals surface area contributed by atoms with E-state index in [2.05, 4.69) is 21.5 Å². The molecule has 0 unspecified atom stereocenters. The van der Waals surface area contributed by atoms with Crippen LogP contribution in [0.5, 0.6) is 0 Å². The lowest BCUT2D eigenvalue weighted by Gasteiger charge is -2.24. The quantitative estimate of drug-likeness (QED) is 0.662. The van der Waals surface area contributed by atoms with Crippen molar-refractivity contribution < 1.29 is 13.9 Å². The molecule has 9 heteroatoms. The van der Waals surface area contributed by atoms with Gasteiger partial charge >= 0.3 is 7.68 Å². The van der Waals surface area contributed by atoms with Crippen LogP contribution in [0.1, 0.15) is 12.5 Å². The molecule has 2 aromatic rings. The summed E-state index contributed by atoms with van der Waals surface area (Å²) < 4.78 is 28.8. The normalized spacial score (nSPS) is 23.9. The van der Waals surface area contributed by atoms with Crippen LogP contribution in [0.2, 0.25) is 0 Å². The minimum atomic E-state index is -2.61. The summed E-state index contributed by atoms with van der Waals surface area (Å²) >= 11 is 0. The maximum atomic E-state index is 10.7. The predicted molar refractivity (Wildman–Crippen MR) is 79.7 cm³/mol. The highest BCUT2D eigenvalue weighted by atomic mass is 31.1. The number of imidazole rings is 1. The summed E-state index contributed by atoms with van der Waals surface area (Å²) in [6.45, 7) is 3.74. The number of nitrogens with zero attached hydrogens (tertiary/aromatic N) is 4. The minimum Gasteiger partial charge on any atom is -0.382 e. The van der Waals surface area contributed by atoms with Crippen LogP contribution >= 0.6 is 7.68 Å². The summed E-state index contributed by atoms with van der Waals surface area (Å²) in [4.78, 5) is 12.3. The Morgan fingerprint density at radius 1 is 1.50 bits per heavy atom. The summed E-state index contributed by atoms with van der Waals surface area (Å²) in [5, 5.41) is 0. The molecule has 0 saturated carbocycles. The fourth-order valence-corrected chi connectivity index (χ4v) is 2.88. The van der Waals surface area contributed by atoms with E-state index in [4.69, 9.17) is 10.5 Å². The van der Waals surface area contributed by atoms with Gasteiger partial charge in [0, 0.05) is 6.42 Å². The highest BCUT2D eigenvalue weighted by molar-refractivity contribution is 7.30. The van der Waals surface area contributed by atoms with Crippen molar-refractivity contribution in [2.75, 3.05) is 12.1 Å². The Labute approximate surface area is 126 Å². The Morgan fingerprint density at radius 2 is 2.32 bits per heavy atom. The first-order valence-corrected chi connectivity index (χ1v) is 7.93. The van der Waals surface area contributed by atoms with Gasteiger partial charge in [0.05, 0.1) is 12.4 Å². The zero-order valence-corrected chi connectivity index (χ0v) is 12.5. The molecule has 0 aromatic carbocycles. The van der Waals surface area contributed by atoms with E-state index in [0.717, 1.165) is 0 Å². The summed E-state index contributed by atoms with van der Waals surface area (Å²) in [7, 11) is -2.61. The lowest BCUT2D eigenvalue weighted by molar-refractivity contribution is 0.0522. The van der Waals surface area contributed by atoms with Gasteiger partial charge < -0.3 is 15.0 Å². The predicted octanol–water partition coefficient (Wildman–Crippen LogP) is 1.98. The summed E-state index contributed by atoms with van der Waals surface area (Å²) in [6.07, 6.45) is 8.50. The molecule has 114 valence electrons. The number of hydrogen-bond acceptors (Lipinski definition) is 7. The van der Waals surface area contributed by atoms with Gasteiger partial charge in [0.25, 0.3) is 0 Å². The average Bonchev–Trinajstić information content (AvgIpc) is 3.10. The molecule has 2 aromatic heterocycles. The second kappa shape index (κ2) is 5.47. The van der Waals surface area contributed by atoms with Crippen LogP contribution < -0.4 is 5.73 Å². The standard InChI is InChI=1S/C13H14N5O3P/c1-2-13(21-8-22(19)20)4-3-9(5-13)18-7-17-10-11(14)15-6-16-12(10)18/h2-4,6-7,9H,1,5,8H2,(H2,14,15,16)/t9-,13+/m0/s1. The number of fused-ring (bicyclic) bond motifs is 1. The fraction of sp³-hybridized carbons (Fsp3) is 0.308. The molecule has 1 aliphatic carbocycles. The van der Waals surface area contributed by atoms with Gasteiger partial charge in [-0.2, -0.15) is 0 Å². The Kier molecular flexibility index (Phi) is 3.64. The molecular weight excluding hydrogens is 305 g/mol. The van der Waals surface area contributed by atoms with E-state index >= 15 is 0 Å². The molecule has 8 nitrogen and oxygen atoms in total. The van der Waals surface area contributed by atoms with Crippen LogP contribution in [0, 0.1) is 0 Å². The van der Waals surface area contributed by atoms with Gasteiger partial charge in [-0.3, -0.25) is 0 Å². The average molecular weight is 319 g/mol. The van der Waals surface area contributed by atoms with E-state index in [-0.39, 0.29) is 12.4 Å². The molecule has 0 bridgehead atoms. The molecule has 3 rings (SSSR count). The minimum absolute atomic E-state index is 0.0816. The number of ether oxygens (including phenoxy) is 1. The lowest BCUT2D eigenvalue weighted by Crippen LogP contribution is -2.26. The zero-order chi connectivity index (χ0) is 15.7. The van der Waals surface area contributed by atoms with Gasteiger partial charge in [0.2, 0.25) is 0 Å².